The quantitative estimate of drug-likeness (QED) is 0.722. The van der Waals surface area contributed by atoms with Gasteiger partial charge in [0.15, 0.2) is 0 Å². The molecule has 0 radical (unpaired) electrons. The molecule has 2 aliphatic rings. The number of carbonyl (C=O) groups excluding carboxylic acids is 3. The van der Waals surface area contributed by atoms with E-state index in [0.29, 0.717) is 13.1 Å². The van der Waals surface area contributed by atoms with E-state index in [-0.39, 0.29) is 41.0 Å². The van der Waals surface area contributed by atoms with Gasteiger partial charge in [0.2, 0.25) is 11.8 Å². The van der Waals surface area contributed by atoms with Crippen LogP contribution in [0.2, 0.25) is 0 Å². The Kier molecular flexibility index (Phi) is 3.50. The van der Waals surface area contributed by atoms with Gasteiger partial charge in [-0.3, -0.25) is 24.1 Å². The molecule has 3 heterocycles. The van der Waals surface area contributed by atoms with Gasteiger partial charge in [-0.05, 0) is 6.07 Å². The number of amides is 3. The zero-order chi connectivity index (χ0) is 15.0. The van der Waals surface area contributed by atoms with Gasteiger partial charge >= 0.3 is 0 Å². The molecule has 1 aromatic rings. The lowest BCUT2D eigenvalue weighted by Gasteiger charge is -2.42. The van der Waals surface area contributed by atoms with E-state index in [4.69, 9.17) is 0 Å². The van der Waals surface area contributed by atoms with E-state index in [0.717, 1.165) is 16.4 Å². The van der Waals surface area contributed by atoms with Crippen molar-refractivity contribution in [2.24, 2.45) is 0 Å². The first-order valence-electron chi connectivity index (χ1n) is 6.35. The molecule has 0 aromatic carbocycles. The first-order chi connectivity index (χ1) is 10.1. The normalized spacial score (nSPS) is 19.0. The Balaban J connectivity index is 1.58. The minimum atomic E-state index is -0.343. The van der Waals surface area contributed by atoms with Crippen LogP contribution in [0.15, 0.2) is 23.1 Å². The Labute approximate surface area is 123 Å². The van der Waals surface area contributed by atoms with Crippen LogP contribution in [-0.4, -0.2) is 61.5 Å². The van der Waals surface area contributed by atoms with Gasteiger partial charge in [0.1, 0.15) is 6.54 Å². The van der Waals surface area contributed by atoms with E-state index >= 15 is 0 Å². The van der Waals surface area contributed by atoms with Gasteiger partial charge < -0.3 is 4.90 Å². The third-order valence-electron chi connectivity index (χ3n) is 3.43. The third kappa shape index (κ3) is 2.56. The number of nitrogens with zero attached hydrogens (tertiary/aromatic N) is 4. The molecule has 3 amide bonds. The second-order valence-electron chi connectivity index (χ2n) is 4.79. The molecule has 0 spiro atoms. The van der Waals surface area contributed by atoms with Crippen LogP contribution in [0, 0.1) is 0 Å². The summed E-state index contributed by atoms with van der Waals surface area (Å²) in [6, 6.07) is 2.59. The highest BCUT2D eigenvalue weighted by Gasteiger charge is 2.43. The number of hydrogen-bond acceptors (Lipinski definition) is 6. The van der Waals surface area contributed by atoms with E-state index in [9.17, 15) is 19.2 Å². The zero-order valence-corrected chi connectivity index (χ0v) is 11.8. The average Bonchev–Trinajstić information content (AvgIpc) is 2.72. The third-order valence-corrected chi connectivity index (χ3v) is 4.27. The first kappa shape index (κ1) is 13.8. The van der Waals surface area contributed by atoms with Gasteiger partial charge in [0.25, 0.3) is 10.8 Å². The Morgan fingerprint density at radius 3 is 2.71 bits per heavy atom. The van der Waals surface area contributed by atoms with Gasteiger partial charge in [-0.25, -0.2) is 4.68 Å². The molecule has 21 heavy (non-hydrogen) atoms. The molecule has 9 heteroatoms. The molecule has 0 unspecified atom stereocenters. The lowest BCUT2D eigenvalue weighted by Crippen LogP contribution is -2.62. The molecule has 3 rings (SSSR count). The smallest absolute Gasteiger partial charge is 0.289 e. The van der Waals surface area contributed by atoms with Crippen molar-refractivity contribution in [1.29, 1.82) is 0 Å². The lowest BCUT2D eigenvalue weighted by molar-refractivity contribution is -0.142. The number of thioether (sulfide) groups is 1. The van der Waals surface area contributed by atoms with E-state index in [2.05, 4.69) is 5.10 Å². The molecule has 0 aliphatic carbocycles. The highest BCUT2D eigenvalue weighted by Crippen LogP contribution is 2.26. The van der Waals surface area contributed by atoms with Crippen molar-refractivity contribution in [3.8, 4) is 0 Å². The average molecular weight is 308 g/mol. The maximum atomic E-state index is 12.0. The van der Waals surface area contributed by atoms with Crippen LogP contribution >= 0.6 is 11.8 Å². The number of aromatic nitrogens is 2. The van der Waals surface area contributed by atoms with Gasteiger partial charge in [-0.15, -0.1) is 0 Å². The Hall–Kier alpha value is -2.16. The Morgan fingerprint density at radius 1 is 1.33 bits per heavy atom. The second kappa shape index (κ2) is 5.32. The largest absolute Gasteiger partial charge is 0.337 e. The minimum Gasteiger partial charge on any atom is -0.337 e. The Morgan fingerprint density at radius 2 is 2.10 bits per heavy atom. The van der Waals surface area contributed by atoms with E-state index in [1.165, 1.54) is 28.1 Å². The fourth-order valence-electron chi connectivity index (χ4n) is 2.27. The molecule has 2 saturated heterocycles. The molecule has 1 aromatic heterocycles. The van der Waals surface area contributed by atoms with E-state index in [1.807, 2.05) is 0 Å². The summed E-state index contributed by atoms with van der Waals surface area (Å²) in [5.74, 6) is -0.283. The van der Waals surface area contributed by atoms with Gasteiger partial charge in [-0.2, -0.15) is 5.10 Å². The standard InChI is InChI=1S/C12H12N4O4S/c17-9-2-1-3-13-15(9)6-10(18)14-4-8(5-14)16-11(19)7-21-12(16)20/h1-3,8H,4-7H2. The van der Waals surface area contributed by atoms with Crippen molar-refractivity contribution in [1.82, 2.24) is 19.6 Å². The number of hydrogen-bond donors (Lipinski definition) is 0. The monoisotopic (exact) mass is 308 g/mol. The summed E-state index contributed by atoms with van der Waals surface area (Å²) in [5.41, 5.74) is -0.343. The molecule has 2 fully saturated rings. The number of likely N-dealkylation sites (tertiary alicyclic amines) is 1. The topological polar surface area (TPSA) is 92.6 Å². The van der Waals surface area contributed by atoms with Crippen LogP contribution < -0.4 is 5.56 Å². The zero-order valence-electron chi connectivity index (χ0n) is 11.0. The first-order valence-corrected chi connectivity index (χ1v) is 7.33. The van der Waals surface area contributed by atoms with Crippen LogP contribution in [0.25, 0.3) is 0 Å². The predicted molar refractivity (Wildman–Crippen MR) is 73.6 cm³/mol. The van der Waals surface area contributed by atoms with E-state index < -0.39 is 0 Å². The molecule has 0 saturated carbocycles. The second-order valence-corrected chi connectivity index (χ2v) is 5.72. The molecular weight excluding hydrogens is 296 g/mol. The summed E-state index contributed by atoms with van der Waals surface area (Å²) < 4.78 is 1.08. The van der Waals surface area contributed by atoms with Crippen molar-refractivity contribution < 1.29 is 14.4 Å². The Bertz CT molecular complexity index is 651. The number of imide groups is 1. The highest BCUT2D eigenvalue weighted by atomic mass is 32.2. The van der Waals surface area contributed by atoms with Crippen LogP contribution in [0.5, 0.6) is 0 Å². The van der Waals surface area contributed by atoms with Crippen LogP contribution in [0.4, 0.5) is 4.79 Å². The molecule has 0 N–H and O–H groups in total. The van der Waals surface area contributed by atoms with Crippen molar-refractivity contribution in [2.45, 2.75) is 12.6 Å². The summed E-state index contributed by atoms with van der Waals surface area (Å²) in [6.45, 7) is 0.500. The molecular formula is C12H12N4O4S. The van der Waals surface area contributed by atoms with Crippen molar-refractivity contribution >= 4 is 28.8 Å². The lowest BCUT2D eigenvalue weighted by atomic mass is 10.1. The molecule has 0 bridgehead atoms. The van der Waals surface area contributed by atoms with Crippen molar-refractivity contribution in [3.63, 3.8) is 0 Å². The maximum Gasteiger partial charge on any atom is 0.289 e. The number of rotatable bonds is 3. The van der Waals surface area contributed by atoms with Crippen LogP contribution in [0.3, 0.4) is 0 Å². The molecule has 110 valence electrons. The van der Waals surface area contributed by atoms with Gasteiger partial charge in [-0.1, -0.05) is 11.8 Å². The van der Waals surface area contributed by atoms with Crippen molar-refractivity contribution in [3.05, 3.63) is 28.7 Å². The summed E-state index contributed by atoms with van der Waals surface area (Å²) in [5, 5.41) is 3.56. The summed E-state index contributed by atoms with van der Waals surface area (Å²) in [7, 11) is 0. The van der Waals surface area contributed by atoms with Crippen LogP contribution in [-0.2, 0) is 16.1 Å². The fourth-order valence-corrected chi connectivity index (χ4v) is 3.05. The van der Waals surface area contributed by atoms with Gasteiger partial charge in [0.05, 0.1) is 11.8 Å². The van der Waals surface area contributed by atoms with Crippen molar-refractivity contribution in [2.75, 3.05) is 18.8 Å². The SMILES string of the molecule is O=C(Cn1ncccc1=O)N1CC(N2C(=O)CSC2=O)C1. The van der Waals surface area contributed by atoms with E-state index in [1.54, 1.807) is 0 Å². The maximum absolute atomic E-state index is 12.0. The van der Waals surface area contributed by atoms with Gasteiger partial charge in [0, 0.05) is 25.4 Å². The number of carbonyl (C=O) groups is 3. The van der Waals surface area contributed by atoms with Crippen LogP contribution in [0.1, 0.15) is 0 Å². The molecule has 2 aliphatic heterocycles. The molecule has 8 nitrogen and oxygen atoms in total. The summed E-state index contributed by atoms with van der Waals surface area (Å²) in [4.78, 5) is 49.3. The predicted octanol–water partition coefficient (Wildman–Crippen LogP) is -0.850. The minimum absolute atomic E-state index is 0.136. The summed E-state index contributed by atoms with van der Waals surface area (Å²) >= 11 is 0.984. The fraction of sp³-hybridized carbons (Fsp3) is 0.417. The summed E-state index contributed by atoms with van der Waals surface area (Å²) in [6.07, 6.45) is 1.44. The highest BCUT2D eigenvalue weighted by molar-refractivity contribution is 8.14. The molecule has 0 atom stereocenters.